The molecule has 2 aromatic carbocycles. The third-order valence-corrected chi connectivity index (χ3v) is 12.5. The third-order valence-electron chi connectivity index (χ3n) is 10.6. The highest BCUT2D eigenvalue weighted by Gasteiger charge is 2.61. The lowest BCUT2D eigenvalue weighted by Crippen LogP contribution is -2.64. The van der Waals surface area contributed by atoms with Gasteiger partial charge in [0.2, 0.25) is 10.0 Å². The number of ether oxygens (including phenoxy) is 1. The van der Waals surface area contributed by atoms with Crippen molar-refractivity contribution in [3.8, 4) is 0 Å². The second kappa shape index (κ2) is 11.3. The summed E-state index contributed by atoms with van der Waals surface area (Å²) in [5.74, 6) is 0.978. The normalized spacial score (nSPS) is 31.4. The Morgan fingerprint density at radius 1 is 1.05 bits per heavy atom. The fourth-order valence-electron chi connectivity index (χ4n) is 8.70. The number of anilines is 1. The second-order valence-corrected chi connectivity index (χ2v) is 14.4. The van der Waals surface area contributed by atoms with Crippen LogP contribution in [0.4, 0.5) is 14.9 Å². The van der Waals surface area contributed by atoms with E-state index in [1.54, 1.807) is 40.6 Å². The zero-order chi connectivity index (χ0) is 28.8. The molecule has 0 aromatic heterocycles. The number of fused-ring (bicyclic) bond motifs is 4. The van der Waals surface area contributed by atoms with Crippen molar-refractivity contribution in [2.24, 2.45) is 29.1 Å². The highest BCUT2D eigenvalue weighted by molar-refractivity contribution is 7.89. The summed E-state index contributed by atoms with van der Waals surface area (Å²) in [6.45, 7) is 1.13. The van der Waals surface area contributed by atoms with Crippen molar-refractivity contribution in [2.45, 2.75) is 55.6 Å². The zero-order valence-electron chi connectivity index (χ0n) is 23.5. The molecule has 2 heterocycles. The number of amides is 2. The number of benzene rings is 2. The first-order valence-electron chi connectivity index (χ1n) is 14.8. The quantitative estimate of drug-likeness (QED) is 0.536. The van der Waals surface area contributed by atoms with Gasteiger partial charge in [-0.05, 0) is 104 Å². The molecule has 8 nitrogen and oxygen atoms in total. The summed E-state index contributed by atoms with van der Waals surface area (Å²) < 4.78 is 47.8. The molecule has 0 bridgehead atoms. The molecule has 2 aliphatic carbocycles. The number of aliphatic hydroxyl groups excluding tert-OH is 1. The number of nitrogens with zero attached hydrogens (tertiary/aromatic N) is 2. The van der Waals surface area contributed by atoms with Crippen LogP contribution in [0.25, 0.3) is 0 Å². The molecule has 2 saturated heterocycles. The summed E-state index contributed by atoms with van der Waals surface area (Å²) in [5, 5.41) is 13.6. The minimum atomic E-state index is -3.61. The van der Waals surface area contributed by atoms with Gasteiger partial charge in [0.1, 0.15) is 5.82 Å². The number of carbonyl (C=O) groups excluding carboxylic acids is 1. The molecule has 2 aromatic rings. The van der Waals surface area contributed by atoms with Crippen molar-refractivity contribution in [2.75, 3.05) is 38.7 Å². The van der Waals surface area contributed by atoms with E-state index in [0.29, 0.717) is 60.8 Å². The molecular weight excluding hydrogens is 545 g/mol. The van der Waals surface area contributed by atoms with E-state index in [-0.39, 0.29) is 41.9 Å². The summed E-state index contributed by atoms with van der Waals surface area (Å²) in [7, 11) is -1.84. The lowest BCUT2D eigenvalue weighted by molar-refractivity contribution is -0.0828. The maximum absolute atomic E-state index is 13.7. The molecule has 1 spiro atoms. The van der Waals surface area contributed by atoms with Crippen molar-refractivity contribution in [1.82, 2.24) is 9.21 Å². The van der Waals surface area contributed by atoms with Crippen LogP contribution < -0.4 is 5.32 Å². The number of rotatable bonds is 5. The van der Waals surface area contributed by atoms with Gasteiger partial charge in [0.15, 0.2) is 0 Å². The molecule has 6 atom stereocenters. The zero-order valence-corrected chi connectivity index (χ0v) is 24.3. The minimum Gasteiger partial charge on any atom is -0.394 e. The molecule has 2 N–H and O–H groups in total. The first kappa shape index (κ1) is 28.6. The van der Waals surface area contributed by atoms with Gasteiger partial charge in [-0.15, -0.1) is 0 Å². The lowest BCUT2D eigenvalue weighted by atomic mass is 9.57. The van der Waals surface area contributed by atoms with E-state index in [0.717, 1.165) is 25.7 Å². The number of piperidine rings is 2. The van der Waals surface area contributed by atoms with E-state index >= 15 is 0 Å². The number of halogens is 1. The first-order valence-corrected chi connectivity index (χ1v) is 16.2. The number of aliphatic hydroxyl groups is 1. The fraction of sp³-hybridized carbons (Fsp3) is 0.581. The van der Waals surface area contributed by atoms with Gasteiger partial charge in [-0.3, -0.25) is 0 Å². The van der Waals surface area contributed by atoms with Gasteiger partial charge in [-0.2, -0.15) is 4.31 Å². The fourth-order valence-corrected chi connectivity index (χ4v) is 10.2. The summed E-state index contributed by atoms with van der Waals surface area (Å²) >= 11 is 0. The number of urea groups is 1. The van der Waals surface area contributed by atoms with Gasteiger partial charge < -0.3 is 20.1 Å². The van der Waals surface area contributed by atoms with Crippen molar-refractivity contribution >= 4 is 21.7 Å². The highest BCUT2D eigenvalue weighted by Crippen LogP contribution is 2.62. The van der Waals surface area contributed by atoms with Gasteiger partial charge in [0.05, 0.1) is 23.6 Å². The number of nitrogens with one attached hydrogen (secondary N) is 1. The lowest BCUT2D eigenvalue weighted by Gasteiger charge is -2.57. The molecule has 5 unspecified atom stereocenters. The SMILES string of the molecule is COC1CCC2C(C1)CC1C2C2(CCN(S(=O)(=O)c3ccccc3)CC2)CN(C(=O)Nc2ccc(F)cc2)[C@H]1CO. The van der Waals surface area contributed by atoms with Gasteiger partial charge in [0.25, 0.3) is 0 Å². The van der Waals surface area contributed by atoms with Gasteiger partial charge >= 0.3 is 6.03 Å². The number of sulfonamides is 1. The molecule has 10 heteroatoms. The standard InChI is InChI=1S/C31H40FN3O5S/c1-40-24-11-12-26-21(17-24)18-27-28(19-36)35(30(37)33-23-9-7-22(32)8-10-23)20-31(29(26)27)13-15-34(16-14-31)41(38,39)25-5-3-2-4-6-25/h2-10,21,24,26-29,36H,11-20H2,1H3,(H,33,37)/t21?,24?,26?,27?,28-,29?/m0/s1. The Labute approximate surface area is 241 Å². The van der Waals surface area contributed by atoms with Crippen molar-refractivity contribution in [3.63, 3.8) is 0 Å². The molecule has 2 amide bonds. The topological polar surface area (TPSA) is 99.2 Å². The van der Waals surface area contributed by atoms with Gasteiger partial charge in [-0.25, -0.2) is 17.6 Å². The Morgan fingerprint density at radius 3 is 2.41 bits per heavy atom. The highest BCUT2D eigenvalue weighted by atomic mass is 32.2. The number of hydrogen-bond acceptors (Lipinski definition) is 5. The van der Waals surface area contributed by atoms with Gasteiger partial charge in [0, 0.05) is 32.4 Å². The number of carbonyl (C=O) groups is 1. The largest absolute Gasteiger partial charge is 0.394 e. The number of methoxy groups -OCH3 is 1. The van der Waals surface area contributed by atoms with E-state index in [9.17, 15) is 22.7 Å². The third kappa shape index (κ3) is 5.17. The number of hydrogen-bond donors (Lipinski definition) is 2. The average molecular weight is 586 g/mol. The minimum absolute atomic E-state index is 0.121. The van der Waals surface area contributed by atoms with E-state index in [1.807, 2.05) is 6.07 Å². The van der Waals surface area contributed by atoms with Crippen molar-refractivity contribution < 1.29 is 27.4 Å². The summed E-state index contributed by atoms with van der Waals surface area (Å²) in [6, 6.07) is 13.6. The first-order chi connectivity index (χ1) is 19.8. The molecule has 0 radical (unpaired) electrons. The Kier molecular flexibility index (Phi) is 7.86. The van der Waals surface area contributed by atoms with Crippen LogP contribution in [0.2, 0.25) is 0 Å². The van der Waals surface area contributed by atoms with Crippen LogP contribution >= 0.6 is 0 Å². The summed E-state index contributed by atoms with van der Waals surface area (Å²) in [6.07, 6.45) is 5.52. The Morgan fingerprint density at radius 2 is 1.76 bits per heavy atom. The predicted octanol–water partition coefficient (Wildman–Crippen LogP) is 4.57. The molecule has 4 fully saturated rings. The Balaban J connectivity index is 1.30. The molecule has 222 valence electrons. The van der Waals surface area contributed by atoms with E-state index in [4.69, 9.17) is 4.74 Å². The molecule has 2 aliphatic heterocycles. The van der Waals surface area contributed by atoms with Crippen LogP contribution in [0, 0.1) is 34.9 Å². The van der Waals surface area contributed by atoms with E-state index < -0.39 is 10.0 Å². The Hall–Kier alpha value is -2.53. The molecule has 4 aliphatic rings. The van der Waals surface area contributed by atoms with Crippen LogP contribution in [0.15, 0.2) is 59.5 Å². The van der Waals surface area contributed by atoms with Crippen molar-refractivity contribution in [1.29, 1.82) is 0 Å². The second-order valence-electron chi connectivity index (χ2n) is 12.4. The van der Waals surface area contributed by atoms with E-state index in [1.165, 1.54) is 24.3 Å². The average Bonchev–Trinajstić information content (AvgIpc) is 3.38. The van der Waals surface area contributed by atoms with Crippen LogP contribution in [-0.2, 0) is 14.8 Å². The van der Waals surface area contributed by atoms with Gasteiger partial charge in [-0.1, -0.05) is 18.2 Å². The maximum Gasteiger partial charge on any atom is 0.322 e. The molecule has 2 saturated carbocycles. The molecule has 6 rings (SSSR count). The Bertz CT molecular complexity index is 1330. The van der Waals surface area contributed by atoms with Crippen LogP contribution in [0.1, 0.15) is 38.5 Å². The van der Waals surface area contributed by atoms with Crippen molar-refractivity contribution in [3.05, 3.63) is 60.4 Å². The monoisotopic (exact) mass is 585 g/mol. The maximum atomic E-state index is 13.7. The smallest absolute Gasteiger partial charge is 0.322 e. The number of likely N-dealkylation sites (tertiary alicyclic amines) is 1. The molecular formula is C31H40FN3O5S. The van der Waals surface area contributed by atoms with Crippen LogP contribution in [0.3, 0.4) is 0 Å². The molecule has 41 heavy (non-hydrogen) atoms. The predicted molar refractivity (Wildman–Crippen MR) is 153 cm³/mol. The van der Waals surface area contributed by atoms with Crippen LogP contribution in [0.5, 0.6) is 0 Å². The van der Waals surface area contributed by atoms with E-state index in [2.05, 4.69) is 5.32 Å². The summed E-state index contributed by atoms with van der Waals surface area (Å²) in [4.78, 5) is 15.8. The summed E-state index contributed by atoms with van der Waals surface area (Å²) in [5.41, 5.74) is 0.245. The van der Waals surface area contributed by atoms with Crippen LogP contribution in [-0.4, -0.2) is 74.3 Å².